The zero-order valence-electron chi connectivity index (χ0n) is 10.00. The molecule has 0 N–H and O–H groups in total. The van der Waals surface area contributed by atoms with Gasteiger partial charge in [0.2, 0.25) is 5.88 Å². The highest BCUT2D eigenvalue weighted by molar-refractivity contribution is 9.10. The van der Waals surface area contributed by atoms with Crippen molar-refractivity contribution in [2.24, 2.45) is 0 Å². The lowest BCUT2D eigenvalue weighted by Crippen LogP contribution is -2.22. The van der Waals surface area contributed by atoms with E-state index >= 15 is 0 Å². The average molecular weight is 304 g/mol. The van der Waals surface area contributed by atoms with Gasteiger partial charge < -0.3 is 9.47 Å². The molecule has 1 rings (SSSR count). The van der Waals surface area contributed by atoms with E-state index in [9.17, 15) is 0 Å². The van der Waals surface area contributed by atoms with Gasteiger partial charge in [-0.15, -0.1) is 0 Å². The van der Waals surface area contributed by atoms with Crippen LogP contribution in [-0.4, -0.2) is 26.5 Å². The molecule has 0 aliphatic carbocycles. The van der Waals surface area contributed by atoms with Gasteiger partial charge in [0.05, 0.1) is 0 Å². The summed E-state index contributed by atoms with van der Waals surface area (Å²) in [5.74, 6) is 0.594. The van der Waals surface area contributed by atoms with Crippen molar-refractivity contribution >= 4 is 24.0 Å². The molecule has 16 heavy (non-hydrogen) atoms. The van der Waals surface area contributed by atoms with Crippen LogP contribution < -0.4 is 4.74 Å². The Bertz CT molecular complexity index is 311. The van der Waals surface area contributed by atoms with Gasteiger partial charge in [-0.25, -0.2) is 4.98 Å². The molecule has 0 aromatic carbocycles. The number of nitrogens with zero attached hydrogens (tertiary/aromatic N) is 1. The molecule has 0 aliphatic rings. The van der Waals surface area contributed by atoms with Crippen molar-refractivity contribution in [3.63, 3.8) is 0 Å². The van der Waals surface area contributed by atoms with Crippen LogP contribution in [0.5, 0.6) is 5.88 Å². The molecule has 1 aromatic rings. The SMILES string of the molecule is C[Si](C)(C)CCOCOc1ccc(Br)cn1. The number of rotatable bonds is 6. The second-order valence-corrected chi connectivity index (χ2v) is 11.3. The molecule has 0 spiro atoms. The molecule has 0 radical (unpaired) electrons. The van der Waals surface area contributed by atoms with Crippen LogP contribution in [-0.2, 0) is 4.74 Å². The molecule has 1 heterocycles. The van der Waals surface area contributed by atoms with E-state index in [0.717, 1.165) is 17.1 Å². The van der Waals surface area contributed by atoms with Crippen LogP contribution in [0.4, 0.5) is 0 Å². The smallest absolute Gasteiger partial charge is 0.215 e. The third-order valence-corrected chi connectivity index (χ3v) is 4.16. The molecular weight excluding hydrogens is 286 g/mol. The van der Waals surface area contributed by atoms with Gasteiger partial charge in [0.25, 0.3) is 0 Å². The molecule has 0 saturated heterocycles. The summed E-state index contributed by atoms with van der Waals surface area (Å²) in [6.07, 6.45) is 1.71. The Hall–Kier alpha value is -0.393. The fourth-order valence-electron chi connectivity index (χ4n) is 0.987. The van der Waals surface area contributed by atoms with E-state index in [1.807, 2.05) is 12.1 Å². The molecule has 0 unspecified atom stereocenters. The van der Waals surface area contributed by atoms with Crippen LogP contribution in [0, 0.1) is 0 Å². The third-order valence-electron chi connectivity index (χ3n) is 1.99. The van der Waals surface area contributed by atoms with E-state index in [-0.39, 0.29) is 6.79 Å². The summed E-state index contributed by atoms with van der Waals surface area (Å²) in [5.41, 5.74) is 0. The van der Waals surface area contributed by atoms with Gasteiger partial charge in [-0.2, -0.15) is 0 Å². The van der Waals surface area contributed by atoms with Gasteiger partial charge in [-0.05, 0) is 28.0 Å². The molecule has 3 nitrogen and oxygen atoms in total. The van der Waals surface area contributed by atoms with E-state index in [4.69, 9.17) is 9.47 Å². The van der Waals surface area contributed by atoms with Gasteiger partial charge in [0, 0.05) is 31.4 Å². The Morgan fingerprint density at radius 1 is 1.31 bits per heavy atom. The fraction of sp³-hybridized carbons (Fsp3) is 0.545. The van der Waals surface area contributed by atoms with Crippen molar-refractivity contribution in [1.82, 2.24) is 4.98 Å². The lowest BCUT2D eigenvalue weighted by Gasteiger charge is -2.15. The summed E-state index contributed by atoms with van der Waals surface area (Å²) < 4.78 is 11.7. The maximum atomic E-state index is 5.40. The molecule has 0 fully saturated rings. The molecular formula is C11H18BrNO2Si. The quantitative estimate of drug-likeness (QED) is 0.458. The highest BCUT2D eigenvalue weighted by Crippen LogP contribution is 2.12. The fourth-order valence-corrected chi connectivity index (χ4v) is 1.98. The molecule has 0 saturated carbocycles. The van der Waals surface area contributed by atoms with Gasteiger partial charge in [-0.1, -0.05) is 19.6 Å². The number of hydrogen-bond acceptors (Lipinski definition) is 3. The minimum absolute atomic E-state index is 0.277. The van der Waals surface area contributed by atoms with Crippen molar-refractivity contribution in [3.8, 4) is 5.88 Å². The third kappa shape index (κ3) is 6.25. The zero-order chi connectivity index (χ0) is 12.0. The largest absolute Gasteiger partial charge is 0.451 e. The highest BCUT2D eigenvalue weighted by Gasteiger charge is 2.11. The molecule has 0 bridgehead atoms. The second kappa shape index (κ2) is 6.37. The highest BCUT2D eigenvalue weighted by atomic mass is 79.9. The van der Waals surface area contributed by atoms with E-state index < -0.39 is 8.07 Å². The van der Waals surface area contributed by atoms with Gasteiger partial charge in [0.1, 0.15) is 0 Å². The molecule has 0 amide bonds. The molecule has 1 aromatic heterocycles. The van der Waals surface area contributed by atoms with Crippen molar-refractivity contribution in [2.75, 3.05) is 13.4 Å². The normalized spacial score (nSPS) is 11.5. The van der Waals surface area contributed by atoms with E-state index in [0.29, 0.717) is 5.88 Å². The van der Waals surface area contributed by atoms with Crippen molar-refractivity contribution < 1.29 is 9.47 Å². The first kappa shape index (κ1) is 13.7. The second-order valence-electron chi connectivity index (χ2n) is 4.80. The summed E-state index contributed by atoms with van der Waals surface area (Å²) in [7, 11) is -0.996. The molecule has 90 valence electrons. The van der Waals surface area contributed by atoms with Crippen LogP contribution in [0.2, 0.25) is 25.7 Å². The predicted molar refractivity (Wildman–Crippen MR) is 71.5 cm³/mol. The number of pyridine rings is 1. The number of hydrogen-bond donors (Lipinski definition) is 0. The summed E-state index contributed by atoms with van der Waals surface area (Å²) >= 11 is 3.32. The molecule has 0 aliphatic heterocycles. The molecule has 0 atom stereocenters. The first-order valence-electron chi connectivity index (χ1n) is 5.29. The topological polar surface area (TPSA) is 31.4 Å². The van der Waals surface area contributed by atoms with Gasteiger partial charge >= 0.3 is 0 Å². The van der Waals surface area contributed by atoms with Crippen molar-refractivity contribution in [2.45, 2.75) is 25.7 Å². The Labute approximate surface area is 106 Å². The standard InChI is InChI=1S/C11H18BrNO2Si/c1-16(2,3)7-6-14-9-15-11-5-4-10(12)8-13-11/h4-5,8H,6-7,9H2,1-3H3. The summed E-state index contributed by atoms with van der Waals surface area (Å²) in [6, 6.07) is 4.86. The van der Waals surface area contributed by atoms with Crippen LogP contribution in [0.3, 0.4) is 0 Å². The van der Waals surface area contributed by atoms with Gasteiger partial charge in [-0.3, -0.25) is 0 Å². The lowest BCUT2D eigenvalue weighted by molar-refractivity contribution is 0.0193. The monoisotopic (exact) mass is 303 g/mol. The Morgan fingerprint density at radius 3 is 2.62 bits per heavy atom. The predicted octanol–water partition coefficient (Wildman–Crippen LogP) is 3.54. The number of aromatic nitrogens is 1. The number of halogens is 1. The minimum Gasteiger partial charge on any atom is -0.451 e. The summed E-state index contributed by atoms with van der Waals surface area (Å²) in [5, 5.41) is 0. The van der Waals surface area contributed by atoms with E-state index in [1.54, 1.807) is 6.20 Å². The number of ether oxygens (including phenoxy) is 2. The molecule has 5 heteroatoms. The van der Waals surface area contributed by atoms with E-state index in [1.165, 1.54) is 0 Å². The maximum absolute atomic E-state index is 5.40. The van der Waals surface area contributed by atoms with Crippen LogP contribution in [0.25, 0.3) is 0 Å². The van der Waals surface area contributed by atoms with Crippen LogP contribution in [0.1, 0.15) is 0 Å². The van der Waals surface area contributed by atoms with Gasteiger partial charge in [0.15, 0.2) is 6.79 Å². The summed E-state index contributed by atoms with van der Waals surface area (Å²) in [4.78, 5) is 4.08. The Morgan fingerprint density at radius 2 is 2.06 bits per heavy atom. The Kier molecular flexibility index (Phi) is 5.44. The first-order valence-corrected chi connectivity index (χ1v) is 9.79. The van der Waals surface area contributed by atoms with Crippen molar-refractivity contribution in [1.29, 1.82) is 0 Å². The van der Waals surface area contributed by atoms with Crippen LogP contribution in [0.15, 0.2) is 22.8 Å². The van der Waals surface area contributed by atoms with E-state index in [2.05, 4.69) is 40.6 Å². The minimum atomic E-state index is -0.996. The average Bonchev–Trinajstić information content (AvgIpc) is 2.19. The lowest BCUT2D eigenvalue weighted by atomic mass is 10.5. The van der Waals surface area contributed by atoms with Crippen molar-refractivity contribution in [3.05, 3.63) is 22.8 Å². The maximum Gasteiger partial charge on any atom is 0.215 e. The van der Waals surface area contributed by atoms with Crippen LogP contribution >= 0.6 is 15.9 Å². The first-order chi connectivity index (χ1) is 7.47. The Balaban J connectivity index is 2.14. The summed E-state index contributed by atoms with van der Waals surface area (Å²) in [6.45, 7) is 8.03. The zero-order valence-corrected chi connectivity index (χ0v) is 12.6.